The second kappa shape index (κ2) is 4.08. The van der Waals surface area contributed by atoms with Gasteiger partial charge in [0.15, 0.2) is 5.82 Å². The van der Waals surface area contributed by atoms with E-state index in [9.17, 15) is 0 Å². The molecule has 0 spiro atoms. The van der Waals surface area contributed by atoms with E-state index in [1.54, 1.807) is 6.20 Å². The van der Waals surface area contributed by atoms with Gasteiger partial charge in [-0.25, -0.2) is 4.98 Å². The molecule has 0 aliphatic rings. The molecule has 0 amide bonds. The summed E-state index contributed by atoms with van der Waals surface area (Å²) >= 11 is 0. The topological polar surface area (TPSA) is 67.6 Å². The third kappa shape index (κ3) is 2.48. The van der Waals surface area contributed by atoms with Crippen LogP contribution in [-0.4, -0.2) is 20.1 Å². The van der Waals surface area contributed by atoms with Crippen LogP contribution in [0.5, 0.6) is 0 Å². The Kier molecular flexibility index (Phi) is 2.77. The van der Waals surface area contributed by atoms with Crippen LogP contribution in [0.25, 0.3) is 0 Å². The molecule has 16 heavy (non-hydrogen) atoms. The van der Waals surface area contributed by atoms with Crippen LogP contribution in [0, 0.1) is 0 Å². The Balaban J connectivity index is 1.98. The van der Waals surface area contributed by atoms with Gasteiger partial charge in [0, 0.05) is 30.7 Å². The molecule has 0 bridgehead atoms. The van der Waals surface area contributed by atoms with E-state index in [1.165, 1.54) is 0 Å². The maximum Gasteiger partial charge on any atom is 0.227 e. The molecule has 0 unspecified atom stereocenters. The van der Waals surface area contributed by atoms with Gasteiger partial charge in [0.25, 0.3) is 0 Å². The van der Waals surface area contributed by atoms with E-state index in [4.69, 9.17) is 4.52 Å². The van der Waals surface area contributed by atoms with Gasteiger partial charge in [0.2, 0.25) is 5.89 Å². The normalized spacial score (nSPS) is 11.9. The van der Waals surface area contributed by atoms with Gasteiger partial charge in [-0.2, -0.15) is 4.98 Å². The van der Waals surface area contributed by atoms with Crippen LogP contribution in [0.2, 0.25) is 0 Å². The Bertz CT molecular complexity index is 439. The molecule has 5 heteroatoms. The number of aryl methyl sites for hydroxylation is 2. The van der Waals surface area contributed by atoms with Gasteiger partial charge < -0.3 is 9.51 Å². The van der Waals surface area contributed by atoms with Gasteiger partial charge in [-0.05, 0) is 0 Å². The van der Waals surface area contributed by atoms with Crippen LogP contribution in [0.3, 0.4) is 0 Å². The highest BCUT2D eigenvalue weighted by molar-refractivity contribution is 5.00. The number of imidazole rings is 1. The number of aromatic amines is 1. The van der Waals surface area contributed by atoms with Gasteiger partial charge in [0.1, 0.15) is 5.82 Å². The van der Waals surface area contributed by atoms with Crippen LogP contribution < -0.4 is 0 Å². The summed E-state index contributed by atoms with van der Waals surface area (Å²) in [5.41, 5.74) is -0.0631. The average molecular weight is 220 g/mol. The van der Waals surface area contributed by atoms with E-state index >= 15 is 0 Å². The van der Waals surface area contributed by atoms with Crippen molar-refractivity contribution in [3.63, 3.8) is 0 Å². The fourth-order valence-electron chi connectivity index (χ4n) is 1.32. The molecule has 1 N–H and O–H groups in total. The molecule has 0 saturated heterocycles. The third-order valence-electron chi connectivity index (χ3n) is 2.27. The maximum atomic E-state index is 5.19. The molecule has 0 aliphatic heterocycles. The van der Waals surface area contributed by atoms with Crippen molar-refractivity contribution >= 4 is 0 Å². The molecular formula is C11H16N4O. The van der Waals surface area contributed by atoms with Crippen molar-refractivity contribution in [3.8, 4) is 0 Å². The minimum absolute atomic E-state index is 0.0631. The van der Waals surface area contributed by atoms with E-state index in [2.05, 4.69) is 40.9 Å². The summed E-state index contributed by atoms with van der Waals surface area (Å²) < 4.78 is 5.19. The minimum Gasteiger partial charge on any atom is -0.349 e. The SMILES string of the molecule is CC(C)(C)c1noc(CCc2ncc[nH]2)n1. The van der Waals surface area contributed by atoms with Crippen LogP contribution in [0.4, 0.5) is 0 Å². The maximum absolute atomic E-state index is 5.19. The number of aromatic nitrogens is 4. The number of hydrogen-bond donors (Lipinski definition) is 1. The number of H-pyrrole nitrogens is 1. The Morgan fingerprint density at radius 3 is 2.69 bits per heavy atom. The Hall–Kier alpha value is -1.65. The van der Waals surface area contributed by atoms with Gasteiger partial charge in [-0.1, -0.05) is 25.9 Å². The molecule has 0 aromatic carbocycles. The second-order valence-electron chi connectivity index (χ2n) is 4.80. The summed E-state index contributed by atoms with van der Waals surface area (Å²) in [6.07, 6.45) is 5.06. The first-order valence-electron chi connectivity index (χ1n) is 5.37. The first-order valence-corrected chi connectivity index (χ1v) is 5.37. The molecule has 5 nitrogen and oxygen atoms in total. The standard InChI is InChI=1S/C11H16N4O/c1-11(2,3)10-14-9(16-15-10)5-4-8-12-6-7-13-8/h6-7H,4-5H2,1-3H3,(H,12,13). The lowest BCUT2D eigenvalue weighted by Gasteiger charge is -2.10. The molecule has 0 saturated carbocycles. The predicted octanol–water partition coefficient (Wildman–Crippen LogP) is 1.88. The van der Waals surface area contributed by atoms with Crippen LogP contribution in [0.1, 0.15) is 38.3 Å². The molecular weight excluding hydrogens is 204 g/mol. The zero-order valence-corrected chi connectivity index (χ0v) is 9.82. The summed E-state index contributed by atoms with van der Waals surface area (Å²) in [6.45, 7) is 6.19. The fraction of sp³-hybridized carbons (Fsp3) is 0.545. The number of nitrogens with zero attached hydrogens (tertiary/aromatic N) is 3. The van der Waals surface area contributed by atoms with Gasteiger partial charge in [-0.15, -0.1) is 0 Å². The quantitative estimate of drug-likeness (QED) is 0.857. The lowest BCUT2D eigenvalue weighted by Crippen LogP contribution is -2.13. The molecule has 2 heterocycles. The van der Waals surface area contributed by atoms with E-state index in [1.807, 2.05) is 6.20 Å². The van der Waals surface area contributed by atoms with Crippen molar-refractivity contribution < 1.29 is 4.52 Å². The molecule has 0 fully saturated rings. The van der Waals surface area contributed by atoms with Crippen molar-refractivity contribution in [2.75, 3.05) is 0 Å². The molecule has 2 aromatic rings. The first-order chi connectivity index (χ1) is 7.55. The van der Waals surface area contributed by atoms with Gasteiger partial charge in [-0.3, -0.25) is 0 Å². The van der Waals surface area contributed by atoms with E-state index in [0.29, 0.717) is 5.89 Å². The lowest BCUT2D eigenvalue weighted by molar-refractivity contribution is 0.362. The van der Waals surface area contributed by atoms with E-state index in [0.717, 1.165) is 24.5 Å². The smallest absolute Gasteiger partial charge is 0.227 e. The number of rotatable bonds is 3. The van der Waals surface area contributed by atoms with Crippen molar-refractivity contribution in [2.24, 2.45) is 0 Å². The van der Waals surface area contributed by atoms with Crippen molar-refractivity contribution in [2.45, 2.75) is 39.0 Å². The Labute approximate surface area is 94.3 Å². The molecule has 0 aliphatic carbocycles. The number of nitrogens with one attached hydrogen (secondary N) is 1. The zero-order valence-electron chi connectivity index (χ0n) is 9.82. The monoisotopic (exact) mass is 220 g/mol. The lowest BCUT2D eigenvalue weighted by atomic mass is 9.96. The summed E-state index contributed by atoms with van der Waals surface area (Å²) in [6, 6.07) is 0. The highest BCUT2D eigenvalue weighted by Crippen LogP contribution is 2.18. The fourth-order valence-corrected chi connectivity index (χ4v) is 1.32. The highest BCUT2D eigenvalue weighted by atomic mass is 16.5. The molecule has 86 valence electrons. The molecule has 2 aromatic heterocycles. The van der Waals surface area contributed by atoms with Crippen molar-refractivity contribution in [3.05, 3.63) is 29.9 Å². The number of hydrogen-bond acceptors (Lipinski definition) is 4. The third-order valence-corrected chi connectivity index (χ3v) is 2.27. The summed E-state index contributed by atoms with van der Waals surface area (Å²) in [5, 5.41) is 3.97. The van der Waals surface area contributed by atoms with E-state index < -0.39 is 0 Å². The Morgan fingerprint density at radius 2 is 2.12 bits per heavy atom. The summed E-state index contributed by atoms with van der Waals surface area (Å²) in [7, 11) is 0. The minimum atomic E-state index is -0.0631. The van der Waals surface area contributed by atoms with Gasteiger partial charge in [0.05, 0.1) is 0 Å². The summed E-state index contributed by atoms with van der Waals surface area (Å²) in [5.74, 6) is 2.36. The Morgan fingerprint density at radius 1 is 1.31 bits per heavy atom. The summed E-state index contributed by atoms with van der Waals surface area (Å²) in [4.78, 5) is 11.5. The largest absolute Gasteiger partial charge is 0.349 e. The van der Waals surface area contributed by atoms with Crippen LogP contribution in [-0.2, 0) is 18.3 Å². The van der Waals surface area contributed by atoms with Crippen LogP contribution in [0.15, 0.2) is 16.9 Å². The molecule has 0 atom stereocenters. The van der Waals surface area contributed by atoms with Crippen molar-refractivity contribution in [1.29, 1.82) is 0 Å². The highest BCUT2D eigenvalue weighted by Gasteiger charge is 2.20. The predicted molar refractivity (Wildman–Crippen MR) is 59.0 cm³/mol. The zero-order chi connectivity index (χ0) is 11.6. The molecule has 0 radical (unpaired) electrons. The second-order valence-corrected chi connectivity index (χ2v) is 4.80. The van der Waals surface area contributed by atoms with Crippen molar-refractivity contribution in [1.82, 2.24) is 20.1 Å². The van der Waals surface area contributed by atoms with Crippen LogP contribution >= 0.6 is 0 Å². The van der Waals surface area contributed by atoms with Gasteiger partial charge >= 0.3 is 0 Å². The van der Waals surface area contributed by atoms with E-state index in [-0.39, 0.29) is 5.41 Å². The first kappa shape index (κ1) is 10.9. The molecule has 2 rings (SSSR count). The average Bonchev–Trinajstić information content (AvgIpc) is 2.85.